The lowest BCUT2D eigenvalue weighted by Crippen LogP contribution is -2.49. The number of nitrogens with zero attached hydrogens (tertiary/aromatic N) is 1. The number of ether oxygens (including phenoxy) is 2. The number of rotatable bonds is 9. The first-order chi connectivity index (χ1) is 16.3. The number of likely N-dealkylation sites (tertiary alicyclic amines) is 1. The molecular weight excluding hydrogens is 432 g/mol. The Morgan fingerprint density at radius 3 is 2.41 bits per heavy atom. The van der Waals surface area contributed by atoms with Crippen LogP contribution in [0.1, 0.15) is 82.5 Å². The molecule has 1 aromatic rings. The van der Waals surface area contributed by atoms with Gasteiger partial charge in [-0.05, 0) is 96.4 Å². The molecule has 3 rings (SSSR count). The number of hydrogen-bond donors (Lipinski definition) is 1. The van der Waals surface area contributed by atoms with Crippen LogP contribution in [0, 0.1) is 0 Å². The summed E-state index contributed by atoms with van der Waals surface area (Å²) in [4.78, 5) is 39.2. The van der Waals surface area contributed by atoms with E-state index in [0.717, 1.165) is 38.5 Å². The third-order valence-electron chi connectivity index (χ3n) is 6.72. The van der Waals surface area contributed by atoms with Gasteiger partial charge in [0.25, 0.3) is 11.8 Å². The van der Waals surface area contributed by atoms with Crippen LogP contribution in [0.5, 0.6) is 5.75 Å². The molecule has 7 heteroatoms. The quantitative estimate of drug-likeness (QED) is 0.427. The van der Waals surface area contributed by atoms with Gasteiger partial charge in [0.15, 0.2) is 12.7 Å². The highest BCUT2D eigenvalue weighted by atomic mass is 16.5. The predicted octanol–water partition coefficient (Wildman–Crippen LogP) is 4.41. The van der Waals surface area contributed by atoms with E-state index in [1.54, 1.807) is 31.2 Å². The number of nitrogens with one attached hydrogen (secondary N) is 1. The molecule has 0 aromatic heterocycles. The van der Waals surface area contributed by atoms with Crippen molar-refractivity contribution in [2.24, 2.45) is 0 Å². The maximum atomic E-state index is 12.6. The number of carbonyl (C=O) groups is 3. The SMILES string of the molecule is C[C@H](OC(=O)c1ccc(OCC(=O)N2[C@H](C)CCC[C@H]2C)cc1)C(=O)NCCC1=CCCCC1. The standard InChI is InChI=1S/C27H38N2O5/c1-19-8-7-9-20(2)29(19)25(30)18-33-24-14-12-23(13-15-24)27(32)34-21(3)26(31)28-17-16-22-10-5-4-6-11-22/h10,12-15,19-21H,4-9,11,16-18H2,1-3H3,(H,28,31)/t19-,20-,21+/m1/s1. The summed E-state index contributed by atoms with van der Waals surface area (Å²) < 4.78 is 11.0. The zero-order chi connectivity index (χ0) is 24.5. The van der Waals surface area contributed by atoms with Crippen LogP contribution in [0.15, 0.2) is 35.9 Å². The fourth-order valence-electron chi connectivity index (χ4n) is 4.72. The maximum absolute atomic E-state index is 12.6. The van der Waals surface area contributed by atoms with E-state index in [9.17, 15) is 14.4 Å². The van der Waals surface area contributed by atoms with Crippen molar-refractivity contribution in [1.29, 1.82) is 0 Å². The molecule has 1 N–H and O–H groups in total. The normalized spacial score (nSPS) is 21.3. The minimum Gasteiger partial charge on any atom is -0.484 e. The van der Waals surface area contributed by atoms with Crippen molar-refractivity contribution in [3.63, 3.8) is 0 Å². The van der Waals surface area contributed by atoms with Crippen LogP contribution in [-0.4, -0.2) is 54.0 Å². The Labute approximate surface area is 202 Å². The van der Waals surface area contributed by atoms with Crippen molar-refractivity contribution in [2.45, 2.75) is 90.3 Å². The van der Waals surface area contributed by atoms with Gasteiger partial charge in [-0.2, -0.15) is 0 Å². The van der Waals surface area contributed by atoms with E-state index in [2.05, 4.69) is 25.2 Å². The zero-order valence-electron chi connectivity index (χ0n) is 20.7. The number of carbonyl (C=O) groups excluding carboxylic acids is 3. The van der Waals surface area contributed by atoms with Crippen molar-refractivity contribution < 1.29 is 23.9 Å². The van der Waals surface area contributed by atoms with Gasteiger partial charge in [0.2, 0.25) is 0 Å². The third kappa shape index (κ3) is 7.34. The molecule has 34 heavy (non-hydrogen) atoms. The Morgan fingerprint density at radius 2 is 1.76 bits per heavy atom. The van der Waals surface area contributed by atoms with Crippen LogP contribution in [0.3, 0.4) is 0 Å². The molecular formula is C27H38N2O5. The van der Waals surface area contributed by atoms with E-state index < -0.39 is 12.1 Å². The van der Waals surface area contributed by atoms with Gasteiger partial charge in [-0.3, -0.25) is 9.59 Å². The van der Waals surface area contributed by atoms with Gasteiger partial charge < -0.3 is 19.7 Å². The summed E-state index contributed by atoms with van der Waals surface area (Å²) in [6.45, 7) is 6.23. The molecule has 186 valence electrons. The second kappa shape index (κ2) is 12.6. The molecule has 1 aliphatic carbocycles. The zero-order valence-corrected chi connectivity index (χ0v) is 20.7. The summed E-state index contributed by atoms with van der Waals surface area (Å²) in [7, 11) is 0. The molecule has 2 aliphatic rings. The Hall–Kier alpha value is -2.83. The lowest BCUT2D eigenvalue weighted by atomic mass is 9.97. The summed E-state index contributed by atoms with van der Waals surface area (Å²) in [6, 6.07) is 6.87. The lowest BCUT2D eigenvalue weighted by Gasteiger charge is -2.38. The molecule has 0 radical (unpaired) electrons. The monoisotopic (exact) mass is 470 g/mol. The topological polar surface area (TPSA) is 84.9 Å². The molecule has 7 nitrogen and oxygen atoms in total. The van der Waals surface area contributed by atoms with Gasteiger partial charge in [0.1, 0.15) is 5.75 Å². The van der Waals surface area contributed by atoms with Crippen molar-refractivity contribution in [3.8, 4) is 5.75 Å². The average molecular weight is 471 g/mol. The minimum atomic E-state index is -0.880. The Kier molecular flexibility index (Phi) is 9.54. The lowest BCUT2D eigenvalue weighted by molar-refractivity contribution is -0.139. The molecule has 1 saturated heterocycles. The molecule has 1 fully saturated rings. The number of piperidine rings is 1. The minimum absolute atomic E-state index is 0.0252. The molecule has 0 spiro atoms. The first-order valence-electron chi connectivity index (χ1n) is 12.6. The Balaban J connectivity index is 1.41. The smallest absolute Gasteiger partial charge is 0.338 e. The largest absolute Gasteiger partial charge is 0.484 e. The predicted molar refractivity (Wildman–Crippen MR) is 131 cm³/mol. The van der Waals surface area contributed by atoms with Crippen LogP contribution in [0.2, 0.25) is 0 Å². The van der Waals surface area contributed by atoms with Gasteiger partial charge in [0, 0.05) is 18.6 Å². The highest BCUT2D eigenvalue weighted by molar-refractivity contribution is 5.92. The summed E-state index contributed by atoms with van der Waals surface area (Å²) in [5.41, 5.74) is 1.71. The number of benzene rings is 1. The number of allylic oxidation sites excluding steroid dienone is 1. The highest BCUT2D eigenvalue weighted by Crippen LogP contribution is 2.23. The summed E-state index contributed by atoms with van der Waals surface area (Å²) in [6.07, 6.45) is 10.1. The van der Waals surface area contributed by atoms with Gasteiger partial charge in [0.05, 0.1) is 5.56 Å². The first-order valence-corrected chi connectivity index (χ1v) is 12.6. The van der Waals surface area contributed by atoms with E-state index in [1.165, 1.54) is 18.4 Å². The van der Waals surface area contributed by atoms with Gasteiger partial charge in [-0.1, -0.05) is 11.6 Å². The number of hydrogen-bond acceptors (Lipinski definition) is 5. The Morgan fingerprint density at radius 1 is 1.06 bits per heavy atom. The first kappa shape index (κ1) is 25.8. The second-order valence-corrected chi connectivity index (χ2v) is 9.44. The molecule has 0 unspecified atom stereocenters. The Bertz CT molecular complexity index is 870. The fourth-order valence-corrected chi connectivity index (χ4v) is 4.72. The highest BCUT2D eigenvalue weighted by Gasteiger charge is 2.29. The van der Waals surface area contributed by atoms with Gasteiger partial charge in [-0.25, -0.2) is 4.79 Å². The van der Waals surface area contributed by atoms with E-state index >= 15 is 0 Å². The number of esters is 1. The molecule has 1 aliphatic heterocycles. The molecule has 1 heterocycles. The van der Waals surface area contributed by atoms with E-state index in [4.69, 9.17) is 9.47 Å². The van der Waals surface area contributed by atoms with E-state index in [0.29, 0.717) is 17.9 Å². The molecule has 0 saturated carbocycles. The average Bonchev–Trinajstić information content (AvgIpc) is 2.83. The molecule has 2 amide bonds. The van der Waals surface area contributed by atoms with E-state index in [-0.39, 0.29) is 30.5 Å². The second-order valence-electron chi connectivity index (χ2n) is 9.44. The summed E-state index contributed by atoms with van der Waals surface area (Å²) in [5.74, 6) is -0.395. The van der Waals surface area contributed by atoms with Gasteiger partial charge in [-0.15, -0.1) is 0 Å². The molecule has 1 aromatic carbocycles. The van der Waals surface area contributed by atoms with Crippen LogP contribution in [-0.2, 0) is 14.3 Å². The molecule has 0 bridgehead atoms. The van der Waals surface area contributed by atoms with Crippen LogP contribution in [0.25, 0.3) is 0 Å². The number of amides is 2. The van der Waals surface area contributed by atoms with Crippen LogP contribution >= 0.6 is 0 Å². The summed E-state index contributed by atoms with van der Waals surface area (Å²) in [5, 5.41) is 2.84. The van der Waals surface area contributed by atoms with Crippen molar-refractivity contribution in [2.75, 3.05) is 13.2 Å². The van der Waals surface area contributed by atoms with Crippen molar-refractivity contribution in [1.82, 2.24) is 10.2 Å². The third-order valence-corrected chi connectivity index (χ3v) is 6.72. The maximum Gasteiger partial charge on any atom is 0.338 e. The van der Waals surface area contributed by atoms with Gasteiger partial charge >= 0.3 is 5.97 Å². The van der Waals surface area contributed by atoms with Crippen LogP contribution < -0.4 is 10.1 Å². The van der Waals surface area contributed by atoms with E-state index in [1.807, 2.05) is 4.90 Å². The van der Waals surface area contributed by atoms with Crippen molar-refractivity contribution >= 4 is 17.8 Å². The molecule has 3 atom stereocenters. The van der Waals surface area contributed by atoms with Crippen LogP contribution in [0.4, 0.5) is 0 Å². The fraction of sp³-hybridized carbons (Fsp3) is 0.593. The summed E-state index contributed by atoms with van der Waals surface area (Å²) >= 11 is 0. The van der Waals surface area contributed by atoms with Crippen molar-refractivity contribution in [3.05, 3.63) is 41.5 Å².